The highest BCUT2D eigenvalue weighted by Crippen LogP contribution is 2.43. The van der Waals surface area contributed by atoms with Gasteiger partial charge in [0.1, 0.15) is 6.04 Å². The number of hydrogen-bond acceptors (Lipinski definition) is 4. The first-order valence-electron chi connectivity index (χ1n) is 12.3. The van der Waals surface area contributed by atoms with E-state index in [1.807, 2.05) is 50.2 Å². The van der Waals surface area contributed by atoms with Gasteiger partial charge >= 0.3 is 0 Å². The Morgan fingerprint density at radius 1 is 1.28 bits per heavy atom. The van der Waals surface area contributed by atoms with Gasteiger partial charge in [-0.15, -0.1) is 0 Å². The summed E-state index contributed by atoms with van der Waals surface area (Å²) in [7, 11) is 0. The molecule has 7 nitrogen and oxygen atoms in total. The molecule has 5 rings (SSSR count). The molecule has 1 aromatic carbocycles. The van der Waals surface area contributed by atoms with Crippen molar-refractivity contribution in [1.82, 2.24) is 14.9 Å². The molecule has 0 spiro atoms. The Bertz CT molecular complexity index is 1240. The van der Waals surface area contributed by atoms with E-state index < -0.39 is 0 Å². The fourth-order valence-electron chi connectivity index (χ4n) is 4.84. The van der Waals surface area contributed by atoms with Gasteiger partial charge in [0, 0.05) is 42.8 Å². The van der Waals surface area contributed by atoms with Crippen LogP contribution in [-0.4, -0.2) is 33.3 Å². The largest absolute Gasteiger partial charge is 0.376 e. The molecule has 36 heavy (non-hydrogen) atoms. The summed E-state index contributed by atoms with van der Waals surface area (Å²) in [5, 5.41) is 7.44. The lowest BCUT2D eigenvalue weighted by Gasteiger charge is -2.29. The summed E-state index contributed by atoms with van der Waals surface area (Å²) in [6, 6.07) is 15.4. The molecule has 1 amide bonds. The van der Waals surface area contributed by atoms with Crippen LogP contribution in [-0.2, 0) is 16.1 Å². The van der Waals surface area contributed by atoms with Crippen LogP contribution < -0.4 is 15.5 Å². The molecule has 2 saturated heterocycles. The molecular formula is C27H30ClN5O2S. The lowest BCUT2D eigenvalue weighted by Crippen LogP contribution is -2.31. The number of pyridine rings is 1. The molecular weight excluding hydrogens is 494 g/mol. The van der Waals surface area contributed by atoms with Crippen LogP contribution >= 0.6 is 23.8 Å². The number of carbonyl (C=O) groups is 1. The van der Waals surface area contributed by atoms with Crippen LogP contribution in [0.2, 0.25) is 5.02 Å². The Hall–Kier alpha value is -2.94. The average Bonchev–Trinajstić information content (AvgIpc) is 3.61. The summed E-state index contributed by atoms with van der Waals surface area (Å²) in [5.41, 5.74) is 3.44. The van der Waals surface area contributed by atoms with Crippen molar-refractivity contribution in [3.8, 4) is 0 Å². The zero-order valence-electron chi connectivity index (χ0n) is 20.4. The predicted molar refractivity (Wildman–Crippen MR) is 146 cm³/mol. The summed E-state index contributed by atoms with van der Waals surface area (Å²) >= 11 is 12.5. The molecule has 188 valence electrons. The number of aromatic nitrogens is 2. The van der Waals surface area contributed by atoms with Gasteiger partial charge < -0.3 is 24.8 Å². The van der Waals surface area contributed by atoms with Crippen LogP contribution in [0.5, 0.6) is 0 Å². The number of nitrogens with one attached hydrogen (secondary N) is 2. The van der Waals surface area contributed by atoms with Crippen LogP contribution in [0.3, 0.4) is 0 Å². The van der Waals surface area contributed by atoms with E-state index in [-0.39, 0.29) is 30.0 Å². The van der Waals surface area contributed by atoms with Gasteiger partial charge in [-0.2, -0.15) is 0 Å². The van der Waals surface area contributed by atoms with Gasteiger partial charge in [0.15, 0.2) is 5.11 Å². The fourth-order valence-corrected chi connectivity index (χ4v) is 5.40. The van der Waals surface area contributed by atoms with Gasteiger partial charge in [0.2, 0.25) is 5.91 Å². The molecule has 4 heterocycles. The third-order valence-electron chi connectivity index (χ3n) is 6.70. The summed E-state index contributed by atoms with van der Waals surface area (Å²) in [6.07, 6.45) is 6.26. The number of halogens is 1. The molecule has 0 aliphatic carbocycles. The van der Waals surface area contributed by atoms with E-state index in [0.29, 0.717) is 15.8 Å². The number of ether oxygens (including phenoxy) is 1. The maximum Gasteiger partial charge on any atom is 0.226 e. The second kappa shape index (κ2) is 10.6. The van der Waals surface area contributed by atoms with Crippen molar-refractivity contribution in [3.05, 3.63) is 77.3 Å². The number of nitrogens with zero attached hydrogens (tertiary/aromatic N) is 3. The Morgan fingerprint density at radius 2 is 2.14 bits per heavy atom. The summed E-state index contributed by atoms with van der Waals surface area (Å²) in [4.78, 5) is 18.9. The molecule has 2 aliphatic rings. The monoisotopic (exact) mass is 523 g/mol. The first kappa shape index (κ1) is 24.7. The van der Waals surface area contributed by atoms with Crippen LogP contribution in [0.4, 0.5) is 11.4 Å². The number of carbonyl (C=O) groups excluding carboxylic acids is 1. The SMILES string of the molecule is CC(C)C(=O)Nc1ccc(N2C(=S)N[C@@H](c3ccccn3)[C@H]2c2cccn2C[C@@H]2CCCO2)cc1Cl. The van der Waals surface area contributed by atoms with Gasteiger partial charge in [-0.05, 0) is 67.5 Å². The minimum Gasteiger partial charge on any atom is -0.376 e. The van der Waals surface area contributed by atoms with E-state index in [4.69, 9.17) is 28.6 Å². The van der Waals surface area contributed by atoms with Crippen molar-refractivity contribution >= 4 is 46.2 Å². The normalized spacial score (nSPS) is 21.7. The van der Waals surface area contributed by atoms with E-state index in [1.165, 1.54) is 0 Å². The maximum atomic E-state index is 12.2. The predicted octanol–water partition coefficient (Wildman–Crippen LogP) is 5.49. The van der Waals surface area contributed by atoms with Crippen LogP contribution in [0, 0.1) is 5.92 Å². The molecule has 9 heteroatoms. The molecule has 2 aromatic heterocycles. The summed E-state index contributed by atoms with van der Waals surface area (Å²) in [6.45, 7) is 5.30. The number of amides is 1. The molecule has 0 unspecified atom stereocenters. The minimum absolute atomic E-state index is 0.0805. The second-order valence-electron chi connectivity index (χ2n) is 9.53. The van der Waals surface area contributed by atoms with Gasteiger partial charge in [-0.1, -0.05) is 31.5 Å². The third-order valence-corrected chi connectivity index (χ3v) is 7.33. The molecule has 3 aromatic rings. The van der Waals surface area contributed by atoms with Crippen molar-refractivity contribution < 1.29 is 9.53 Å². The van der Waals surface area contributed by atoms with E-state index in [0.717, 1.165) is 43.1 Å². The number of rotatable bonds is 7. The van der Waals surface area contributed by atoms with Crippen molar-refractivity contribution in [1.29, 1.82) is 0 Å². The molecule has 0 bridgehead atoms. The highest BCUT2D eigenvalue weighted by molar-refractivity contribution is 7.80. The zero-order chi connectivity index (χ0) is 25.2. The van der Waals surface area contributed by atoms with Gasteiger partial charge in [0.05, 0.1) is 28.5 Å². The third kappa shape index (κ3) is 4.98. The average molecular weight is 524 g/mol. The van der Waals surface area contributed by atoms with Crippen LogP contribution in [0.25, 0.3) is 0 Å². The van der Waals surface area contributed by atoms with Gasteiger partial charge in [-0.25, -0.2) is 0 Å². The number of thiocarbonyl (C=S) groups is 1. The second-order valence-corrected chi connectivity index (χ2v) is 10.3. The smallest absolute Gasteiger partial charge is 0.226 e. The molecule has 0 radical (unpaired) electrons. The summed E-state index contributed by atoms with van der Waals surface area (Å²) < 4.78 is 8.19. The maximum absolute atomic E-state index is 12.2. The quantitative estimate of drug-likeness (QED) is 0.399. The standard InChI is InChI=1S/C27H30ClN5O2S/c1-17(2)26(34)30-21-11-10-18(15-20(21)28)33-25(24(31-27(33)36)22-8-3-4-12-29-22)23-9-5-13-32(23)16-19-7-6-14-35-19/h3-5,8-13,15,17,19,24-25H,6-7,14,16H2,1-2H3,(H,30,34)(H,31,36)/t19-,24-,25+/m0/s1. The topological polar surface area (TPSA) is 71.4 Å². The molecule has 3 atom stereocenters. The number of hydrogen-bond donors (Lipinski definition) is 2. The molecule has 2 aliphatic heterocycles. The Labute approximate surface area is 221 Å². The Morgan fingerprint density at radius 3 is 2.83 bits per heavy atom. The minimum atomic E-state index is -0.157. The zero-order valence-corrected chi connectivity index (χ0v) is 21.9. The highest BCUT2D eigenvalue weighted by Gasteiger charge is 2.42. The van der Waals surface area contributed by atoms with E-state index in [1.54, 1.807) is 6.20 Å². The van der Waals surface area contributed by atoms with Crippen molar-refractivity contribution in [2.45, 2.75) is 51.4 Å². The van der Waals surface area contributed by atoms with Crippen molar-refractivity contribution in [3.63, 3.8) is 0 Å². The highest BCUT2D eigenvalue weighted by atomic mass is 35.5. The Balaban J connectivity index is 1.53. The van der Waals surface area contributed by atoms with E-state index >= 15 is 0 Å². The van der Waals surface area contributed by atoms with E-state index in [2.05, 4.69) is 43.4 Å². The van der Waals surface area contributed by atoms with Crippen LogP contribution in [0.15, 0.2) is 60.9 Å². The first-order valence-corrected chi connectivity index (χ1v) is 13.1. The molecule has 2 N–H and O–H groups in total. The van der Waals surface area contributed by atoms with Gasteiger partial charge in [0.25, 0.3) is 0 Å². The lowest BCUT2D eigenvalue weighted by molar-refractivity contribution is -0.118. The Kier molecular flexibility index (Phi) is 7.27. The van der Waals surface area contributed by atoms with Gasteiger partial charge in [-0.3, -0.25) is 9.78 Å². The lowest BCUT2D eigenvalue weighted by atomic mass is 10.0. The van der Waals surface area contributed by atoms with Crippen molar-refractivity contribution in [2.75, 3.05) is 16.8 Å². The number of anilines is 2. The molecule has 0 saturated carbocycles. The van der Waals surface area contributed by atoms with Crippen molar-refractivity contribution in [2.24, 2.45) is 5.92 Å². The molecule has 2 fully saturated rings. The fraction of sp³-hybridized carbons (Fsp3) is 0.370. The number of benzene rings is 1. The van der Waals surface area contributed by atoms with Crippen LogP contribution in [0.1, 0.15) is 50.2 Å². The first-order chi connectivity index (χ1) is 17.4. The summed E-state index contributed by atoms with van der Waals surface area (Å²) in [5.74, 6) is -0.223. The van der Waals surface area contributed by atoms with E-state index in [9.17, 15) is 4.79 Å².